The molecule has 9 nitrogen and oxygen atoms in total. The first-order valence-electron chi connectivity index (χ1n) is 9.10. The van der Waals surface area contributed by atoms with Crippen molar-refractivity contribution in [1.29, 1.82) is 0 Å². The van der Waals surface area contributed by atoms with Gasteiger partial charge in [0.25, 0.3) is 0 Å². The zero-order chi connectivity index (χ0) is 20.2. The molecule has 1 atom stereocenters. The lowest BCUT2D eigenvalue weighted by atomic mass is 10.1. The summed E-state index contributed by atoms with van der Waals surface area (Å²) < 4.78 is 10.5. The number of halogens is 1. The number of benzene rings is 1. The Balaban J connectivity index is 1.48. The summed E-state index contributed by atoms with van der Waals surface area (Å²) in [5.41, 5.74) is 2.84. The molecule has 1 aromatic carbocycles. The number of morpholine rings is 1. The topological polar surface area (TPSA) is 106 Å². The number of ether oxygens (including phenoxy) is 1. The molecule has 0 aliphatic carbocycles. The Morgan fingerprint density at radius 3 is 2.97 bits per heavy atom. The second-order valence-corrected chi connectivity index (χ2v) is 7.08. The van der Waals surface area contributed by atoms with E-state index >= 15 is 0 Å². The molecule has 4 rings (SSSR count). The van der Waals surface area contributed by atoms with Gasteiger partial charge in [0.1, 0.15) is 11.8 Å². The highest BCUT2D eigenvalue weighted by Gasteiger charge is 2.27. The van der Waals surface area contributed by atoms with E-state index in [0.717, 1.165) is 17.0 Å². The van der Waals surface area contributed by atoms with Crippen LogP contribution in [-0.4, -0.2) is 57.3 Å². The van der Waals surface area contributed by atoms with E-state index in [1.54, 1.807) is 19.3 Å². The molecule has 150 valence electrons. The van der Waals surface area contributed by atoms with Crippen molar-refractivity contribution in [2.45, 2.75) is 13.0 Å². The van der Waals surface area contributed by atoms with Crippen molar-refractivity contribution in [3.63, 3.8) is 0 Å². The summed E-state index contributed by atoms with van der Waals surface area (Å²) in [6.07, 6.45) is 2.97. The first-order chi connectivity index (χ1) is 14.1. The minimum absolute atomic E-state index is 0.193. The van der Waals surface area contributed by atoms with Crippen molar-refractivity contribution in [3.8, 4) is 11.3 Å². The first-order valence-corrected chi connectivity index (χ1v) is 9.48. The summed E-state index contributed by atoms with van der Waals surface area (Å²) in [4.78, 5) is 23.3. The summed E-state index contributed by atoms with van der Waals surface area (Å²) >= 11 is 6.13. The number of carbonyl (C=O) groups excluding carboxylic acids is 1. The highest BCUT2D eigenvalue weighted by atomic mass is 35.5. The van der Waals surface area contributed by atoms with Crippen LogP contribution in [-0.2, 0) is 9.53 Å². The Bertz CT molecular complexity index is 1010. The predicted molar refractivity (Wildman–Crippen MR) is 105 cm³/mol. The van der Waals surface area contributed by atoms with Gasteiger partial charge in [0, 0.05) is 36.1 Å². The van der Waals surface area contributed by atoms with Crippen LogP contribution in [0, 0.1) is 6.92 Å². The summed E-state index contributed by atoms with van der Waals surface area (Å²) in [5, 5.41) is 10.7. The number of anilines is 1. The number of carbonyl (C=O) groups is 1. The van der Waals surface area contributed by atoms with Gasteiger partial charge in [0.05, 0.1) is 24.5 Å². The molecule has 3 heterocycles. The molecule has 1 N–H and O–H groups in total. The van der Waals surface area contributed by atoms with Gasteiger partial charge in [0.15, 0.2) is 5.82 Å². The summed E-state index contributed by atoms with van der Waals surface area (Å²) in [7, 11) is 0. The van der Waals surface area contributed by atoms with Crippen LogP contribution in [0.25, 0.3) is 11.3 Å². The van der Waals surface area contributed by atoms with E-state index < -0.39 is 0 Å². The number of aromatic nitrogens is 4. The van der Waals surface area contributed by atoms with Crippen LogP contribution < -0.4 is 5.32 Å². The molecule has 1 unspecified atom stereocenters. The fraction of sp³-hybridized carbons (Fsp3) is 0.316. The molecule has 1 amide bonds. The molecule has 1 aliphatic heterocycles. The molecule has 0 spiro atoms. The van der Waals surface area contributed by atoms with E-state index in [9.17, 15) is 4.79 Å². The van der Waals surface area contributed by atoms with Crippen LogP contribution in [0.2, 0.25) is 5.02 Å². The van der Waals surface area contributed by atoms with Gasteiger partial charge in [-0.1, -0.05) is 28.9 Å². The summed E-state index contributed by atoms with van der Waals surface area (Å²) in [6.45, 7) is 3.53. The van der Waals surface area contributed by atoms with Gasteiger partial charge in [-0.25, -0.2) is 4.63 Å². The quantitative estimate of drug-likeness (QED) is 0.678. The predicted octanol–water partition coefficient (Wildman–Crippen LogP) is 2.50. The van der Waals surface area contributed by atoms with Crippen LogP contribution >= 0.6 is 11.6 Å². The fourth-order valence-electron chi connectivity index (χ4n) is 3.17. The van der Waals surface area contributed by atoms with Gasteiger partial charge in [-0.15, -0.1) is 0 Å². The van der Waals surface area contributed by atoms with Crippen LogP contribution in [0.4, 0.5) is 5.82 Å². The molecule has 2 aromatic heterocycles. The fourth-order valence-corrected chi connectivity index (χ4v) is 3.36. The largest absolute Gasteiger partial charge is 0.369 e. The van der Waals surface area contributed by atoms with Crippen LogP contribution in [0.15, 0.2) is 41.3 Å². The lowest BCUT2D eigenvalue weighted by molar-refractivity contribution is -0.119. The van der Waals surface area contributed by atoms with Gasteiger partial charge in [-0.3, -0.25) is 19.7 Å². The number of nitrogens with zero attached hydrogens (tertiary/aromatic N) is 5. The normalized spacial score (nSPS) is 17.2. The molecule has 0 saturated carbocycles. The van der Waals surface area contributed by atoms with Crippen molar-refractivity contribution in [1.82, 2.24) is 25.2 Å². The van der Waals surface area contributed by atoms with E-state index in [4.69, 9.17) is 16.3 Å². The third kappa shape index (κ3) is 4.58. The Kier molecular flexibility index (Phi) is 5.79. The van der Waals surface area contributed by atoms with Crippen LogP contribution in [0.5, 0.6) is 0 Å². The van der Waals surface area contributed by atoms with Crippen molar-refractivity contribution >= 4 is 23.3 Å². The lowest BCUT2D eigenvalue weighted by Gasteiger charge is -2.32. The third-order valence-electron chi connectivity index (χ3n) is 4.56. The highest BCUT2D eigenvalue weighted by molar-refractivity contribution is 6.30. The Labute approximate surface area is 172 Å². The van der Waals surface area contributed by atoms with Gasteiger partial charge < -0.3 is 10.1 Å². The van der Waals surface area contributed by atoms with Crippen LogP contribution in [0.3, 0.4) is 0 Å². The molecule has 0 radical (unpaired) electrons. The molecule has 3 aromatic rings. The minimum Gasteiger partial charge on any atom is -0.369 e. The molecule has 1 saturated heterocycles. The number of hydrogen-bond acceptors (Lipinski definition) is 8. The highest BCUT2D eigenvalue weighted by Crippen LogP contribution is 2.30. The van der Waals surface area contributed by atoms with Gasteiger partial charge >= 0.3 is 0 Å². The average molecular weight is 415 g/mol. The zero-order valence-corrected chi connectivity index (χ0v) is 16.5. The molecule has 10 heteroatoms. The van der Waals surface area contributed by atoms with E-state index in [2.05, 4.69) is 30.2 Å². The van der Waals surface area contributed by atoms with Crippen LogP contribution in [0.1, 0.15) is 17.5 Å². The lowest BCUT2D eigenvalue weighted by Crippen LogP contribution is -2.43. The second kappa shape index (κ2) is 8.64. The Hall–Kier alpha value is -2.88. The van der Waals surface area contributed by atoms with E-state index in [1.165, 1.54) is 0 Å². The maximum Gasteiger partial charge on any atom is 0.239 e. The summed E-state index contributed by atoms with van der Waals surface area (Å²) in [5.74, 6) is 0.135. The second-order valence-electron chi connectivity index (χ2n) is 6.64. The van der Waals surface area contributed by atoms with Crippen molar-refractivity contribution in [2.24, 2.45) is 0 Å². The number of nitrogens with one attached hydrogen (secondary N) is 1. The van der Waals surface area contributed by atoms with E-state index in [0.29, 0.717) is 36.2 Å². The van der Waals surface area contributed by atoms with Gasteiger partial charge in [-0.05, 0) is 24.2 Å². The number of rotatable bonds is 5. The van der Waals surface area contributed by atoms with Crippen molar-refractivity contribution in [3.05, 3.63) is 53.1 Å². The molecule has 0 bridgehead atoms. The van der Waals surface area contributed by atoms with E-state index in [1.807, 2.05) is 29.2 Å². The van der Waals surface area contributed by atoms with Gasteiger partial charge in [-0.2, -0.15) is 0 Å². The molecule has 29 heavy (non-hydrogen) atoms. The monoisotopic (exact) mass is 414 g/mol. The number of hydrogen-bond donors (Lipinski definition) is 1. The SMILES string of the molecule is Cc1nonc1NC(=O)CN1CCOC(c2nccnc2-c2cccc(Cl)c2)C1. The molecule has 1 fully saturated rings. The average Bonchev–Trinajstić information content (AvgIpc) is 3.12. The summed E-state index contributed by atoms with van der Waals surface area (Å²) in [6, 6.07) is 7.46. The minimum atomic E-state index is -0.310. The van der Waals surface area contributed by atoms with Crippen molar-refractivity contribution < 1.29 is 14.2 Å². The molecular formula is C19H19ClN6O3. The maximum atomic E-state index is 12.4. The Morgan fingerprint density at radius 2 is 2.17 bits per heavy atom. The Morgan fingerprint density at radius 1 is 1.31 bits per heavy atom. The number of aryl methyl sites for hydroxylation is 1. The maximum absolute atomic E-state index is 12.4. The zero-order valence-electron chi connectivity index (χ0n) is 15.7. The smallest absolute Gasteiger partial charge is 0.239 e. The molecular weight excluding hydrogens is 396 g/mol. The van der Waals surface area contributed by atoms with Gasteiger partial charge in [0.2, 0.25) is 5.91 Å². The van der Waals surface area contributed by atoms with E-state index in [-0.39, 0.29) is 18.6 Å². The third-order valence-corrected chi connectivity index (χ3v) is 4.79. The van der Waals surface area contributed by atoms with Crippen molar-refractivity contribution in [2.75, 3.05) is 31.6 Å². The first kappa shape index (κ1) is 19.4. The number of amides is 1. The molecule has 1 aliphatic rings. The standard InChI is InChI=1S/C19H19ClN6O3/c1-12-19(25-29-24-12)23-16(27)11-26-7-8-28-15(10-26)18-17(21-5-6-22-18)13-3-2-4-14(20)9-13/h2-6,9,15H,7-8,10-11H2,1H3,(H,23,25,27).